The third-order valence-corrected chi connectivity index (χ3v) is 8.27. The van der Waals surface area contributed by atoms with Gasteiger partial charge in [-0.15, -0.1) is 0 Å². The molecule has 1 saturated heterocycles. The molecule has 1 fully saturated rings. The molecule has 0 bridgehead atoms. The van der Waals surface area contributed by atoms with E-state index in [4.69, 9.17) is 4.74 Å². The minimum atomic E-state index is -4.09. The Morgan fingerprint density at radius 1 is 1.18 bits per heavy atom. The third-order valence-electron chi connectivity index (χ3n) is 6.79. The van der Waals surface area contributed by atoms with Gasteiger partial charge in [0.05, 0.1) is 11.4 Å². The average Bonchev–Trinajstić information content (AvgIpc) is 3.39. The number of nitrogens with one attached hydrogen (secondary N) is 4. The molecule has 4 rings (SSSR count). The van der Waals surface area contributed by atoms with Gasteiger partial charge in [-0.25, -0.2) is 8.42 Å². The lowest BCUT2D eigenvalue weighted by Crippen LogP contribution is -2.56. The second-order valence-electron chi connectivity index (χ2n) is 9.36. The van der Waals surface area contributed by atoms with E-state index in [0.29, 0.717) is 12.1 Å². The summed E-state index contributed by atoms with van der Waals surface area (Å²) in [7, 11) is -2.42. The number of nitrogens with zero attached hydrogens (tertiary/aromatic N) is 2. The van der Waals surface area contributed by atoms with E-state index in [1.165, 1.54) is 24.3 Å². The van der Waals surface area contributed by atoms with Gasteiger partial charge in [-0.1, -0.05) is 24.3 Å². The number of amides is 1. The predicted octanol–water partition coefficient (Wildman–Crippen LogP) is 0.730. The van der Waals surface area contributed by atoms with Gasteiger partial charge in [0.15, 0.2) is 11.7 Å². The molecular formula is C26H34N6O6S. The van der Waals surface area contributed by atoms with Crippen molar-refractivity contribution in [2.24, 2.45) is 4.99 Å². The van der Waals surface area contributed by atoms with E-state index in [1.807, 2.05) is 6.07 Å². The van der Waals surface area contributed by atoms with Crippen LogP contribution in [0.3, 0.4) is 0 Å². The molecule has 13 heteroatoms. The summed E-state index contributed by atoms with van der Waals surface area (Å²) in [6.45, 7) is 2.42. The van der Waals surface area contributed by atoms with Crippen molar-refractivity contribution in [3.05, 3.63) is 60.2 Å². The van der Waals surface area contributed by atoms with Gasteiger partial charge in [0, 0.05) is 44.5 Å². The Kier molecular flexibility index (Phi) is 9.04. The fraction of sp³-hybridized carbons (Fsp3) is 0.423. The third kappa shape index (κ3) is 6.85. The number of aliphatic carboxylic acids is 1. The molecule has 2 atom stereocenters. The Hall–Kier alpha value is -3.68. The molecule has 0 aromatic heterocycles. The summed E-state index contributed by atoms with van der Waals surface area (Å²) in [5.41, 5.74) is 0.452. The number of methoxy groups -OCH3 is 1. The van der Waals surface area contributed by atoms with Gasteiger partial charge in [0.25, 0.3) is 5.91 Å². The number of carboxylic acid groups (broad SMARTS) is 1. The van der Waals surface area contributed by atoms with Gasteiger partial charge < -0.3 is 30.7 Å². The van der Waals surface area contributed by atoms with Crippen molar-refractivity contribution in [1.82, 2.24) is 20.7 Å². The summed E-state index contributed by atoms with van der Waals surface area (Å²) in [5, 5.41) is 18.7. The van der Waals surface area contributed by atoms with Gasteiger partial charge in [0.2, 0.25) is 10.0 Å². The van der Waals surface area contributed by atoms with Crippen LogP contribution in [0.15, 0.2) is 64.5 Å². The highest BCUT2D eigenvalue weighted by Crippen LogP contribution is 2.35. The van der Waals surface area contributed by atoms with E-state index in [-0.39, 0.29) is 4.90 Å². The number of carbonyl (C=O) groups is 2. The fourth-order valence-corrected chi connectivity index (χ4v) is 5.91. The first-order chi connectivity index (χ1) is 18.7. The van der Waals surface area contributed by atoms with E-state index in [2.05, 4.69) is 30.6 Å². The van der Waals surface area contributed by atoms with Crippen molar-refractivity contribution >= 4 is 33.5 Å². The van der Waals surface area contributed by atoms with Crippen LogP contribution in [0.25, 0.3) is 0 Å². The standard InChI is InChI=1S/C26H34N6O6S/c1-38-26(18-30-25-27-13-7-14-28-25)12-6-15-32(26)20-9-5-8-19(16-20)23(33)29-17-22(24(34)35)31-39(36,37)21-10-3-2-4-11-21/h2-5,8-11,16,22,31H,6-7,12-15,17-18H2,1H3,(H,29,33)(H,34,35)(H2,27,28,30)/t22-,26-/m0/s1. The number of carbonyl (C=O) groups excluding carboxylic acids is 1. The minimum Gasteiger partial charge on any atom is -0.480 e. The van der Waals surface area contributed by atoms with E-state index < -0.39 is 40.2 Å². The SMILES string of the molecule is CO[C@]1(CNC2=NCCCN2)CCCN1c1cccc(C(=O)NC[C@H](NS(=O)(=O)c2ccccc2)C(=O)O)c1. The molecule has 2 aliphatic heterocycles. The van der Waals surface area contributed by atoms with Crippen LogP contribution >= 0.6 is 0 Å². The van der Waals surface area contributed by atoms with Crippen LogP contribution < -0.4 is 25.6 Å². The maximum atomic E-state index is 13.0. The van der Waals surface area contributed by atoms with Crippen molar-refractivity contribution < 1.29 is 27.9 Å². The van der Waals surface area contributed by atoms with Gasteiger partial charge in [-0.2, -0.15) is 4.72 Å². The number of aliphatic imine (C=N–C) groups is 1. The highest BCUT2D eigenvalue weighted by atomic mass is 32.2. The summed E-state index contributed by atoms with van der Waals surface area (Å²) in [6, 6.07) is 12.9. The molecule has 1 amide bonds. The second-order valence-corrected chi connectivity index (χ2v) is 11.1. The zero-order chi connectivity index (χ0) is 27.9. The molecule has 2 aromatic carbocycles. The Morgan fingerprint density at radius 2 is 1.97 bits per heavy atom. The number of hydrogen-bond acceptors (Lipinski definition) is 9. The summed E-state index contributed by atoms with van der Waals surface area (Å²) in [6.07, 6.45) is 2.67. The molecule has 12 nitrogen and oxygen atoms in total. The van der Waals surface area contributed by atoms with E-state index in [9.17, 15) is 23.1 Å². The maximum Gasteiger partial charge on any atom is 0.323 e. The number of anilines is 1. The first-order valence-corrected chi connectivity index (χ1v) is 14.3. The normalized spacial score (nSPS) is 20.0. The molecule has 5 N–H and O–H groups in total. The molecule has 0 unspecified atom stereocenters. The summed E-state index contributed by atoms with van der Waals surface area (Å²) < 4.78 is 33.3. The maximum absolute atomic E-state index is 13.0. The van der Waals surface area contributed by atoms with Crippen LogP contribution in [0.1, 0.15) is 29.6 Å². The molecule has 0 spiro atoms. The van der Waals surface area contributed by atoms with Gasteiger partial charge in [0.1, 0.15) is 6.04 Å². The minimum absolute atomic E-state index is 0.0663. The van der Waals surface area contributed by atoms with Gasteiger partial charge in [-0.05, 0) is 49.6 Å². The number of hydrogen-bond donors (Lipinski definition) is 5. The summed E-state index contributed by atoms with van der Waals surface area (Å²) in [4.78, 5) is 31.2. The lowest BCUT2D eigenvalue weighted by Gasteiger charge is -2.39. The lowest BCUT2D eigenvalue weighted by molar-refractivity contribution is -0.138. The molecule has 2 heterocycles. The zero-order valence-corrected chi connectivity index (χ0v) is 22.5. The number of rotatable bonds is 11. The fourth-order valence-electron chi connectivity index (χ4n) is 4.70. The van der Waals surface area contributed by atoms with Crippen molar-refractivity contribution in [3.8, 4) is 0 Å². The smallest absolute Gasteiger partial charge is 0.323 e. The highest BCUT2D eigenvalue weighted by Gasteiger charge is 2.41. The zero-order valence-electron chi connectivity index (χ0n) is 21.7. The Morgan fingerprint density at radius 3 is 2.67 bits per heavy atom. The van der Waals surface area contributed by atoms with Crippen molar-refractivity contribution in [3.63, 3.8) is 0 Å². The van der Waals surface area contributed by atoms with Crippen LogP contribution in [0.4, 0.5) is 5.69 Å². The Balaban J connectivity index is 1.43. The first kappa shape index (κ1) is 28.3. The number of sulfonamides is 1. The Labute approximate surface area is 227 Å². The van der Waals surface area contributed by atoms with Crippen molar-refractivity contribution in [2.75, 3.05) is 44.7 Å². The monoisotopic (exact) mass is 558 g/mol. The molecular weight excluding hydrogens is 524 g/mol. The summed E-state index contributed by atoms with van der Waals surface area (Å²) in [5.74, 6) is -1.19. The molecule has 39 heavy (non-hydrogen) atoms. The average molecular weight is 559 g/mol. The van der Waals surface area contributed by atoms with Crippen LogP contribution in [-0.4, -0.2) is 83.0 Å². The number of guanidine groups is 1. The highest BCUT2D eigenvalue weighted by molar-refractivity contribution is 7.89. The first-order valence-electron chi connectivity index (χ1n) is 12.8. The molecule has 2 aliphatic rings. The van der Waals surface area contributed by atoms with Crippen LogP contribution in [0.5, 0.6) is 0 Å². The largest absolute Gasteiger partial charge is 0.480 e. The number of carboxylic acids is 1. The van der Waals surface area contributed by atoms with E-state index in [1.54, 1.807) is 31.4 Å². The molecule has 0 saturated carbocycles. The summed E-state index contributed by atoms with van der Waals surface area (Å²) >= 11 is 0. The number of benzene rings is 2. The second kappa shape index (κ2) is 12.5. The van der Waals surface area contributed by atoms with Crippen molar-refractivity contribution in [2.45, 2.75) is 35.9 Å². The lowest BCUT2D eigenvalue weighted by atomic mass is 10.1. The Bertz CT molecular complexity index is 1310. The van der Waals surface area contributed by atoms with Crippen LogP contribution in [0.2, 0.25) is 0 Å². The molecule has 0 aliphatic carbocycles. The molecule has 0 radical (unpaired) electrons. The topological polar surface area (TPSA) is 161 Å². The molecule has 2 aromatic rings. The van der Waals surface area contributed by atoms with Crippen molar-refractivity contribution in [1.29, 1.82) is 0 Å². The number of ether oxygens (including phenoxy) is 1. The predicted molar refractivity (Wildman–Crippen MR) is 146 cm³/mol. The van der Waals surface area contributed by atoms with Crippen LogP contribution in [0, 0.1) is 0 Å². The van der Waals surface area contributed by atoms with Gasteiger partial charge in [-0.3, -0.25) is 14.6 Å². The van der Waals surface area contributed by atoms with Crippen LogP contribution in [-0.2, 0) is 19.6 Å². The molecule has 210 valence electrons. The van der Waals surface area contributed by atoms with E-state index in [0.717, 1.165) is 50.5 Å². The van der Waals surface area contributed by atoms with E-state index >= 15 is 0 Å². The van der Waals surface area contributed by atoms with Gasteiger partial charge >= 0.3 is 5.97 Å². The quantitative estimate of drug-likeness (QED) is 0.268.